The monoisotopic (exact) mass is 315 g/mol. The Balaban J connectivity index is 2.30. The van der Waals surface area contributed by atoms with Crippen molar-refractivity contribution in [3.63, 3.8) is 0 Å². The summed E-state index contributed by atoms with van der Waals surface area (Å²) in [6.07, 6.45) is 2.64. The predicted octanol–water partition coefficient (Wildman–Crippen LogP) is 3.52. The van der Waals surface area contributed by atoms with E-state index in [4.69, 9.17) is 0 Å². The van der Waals surface area contributed by atoms with Gasteiger partial charge in [0.1, 0.15) is 17.2 Å². The van der Waals surface area contributed by atoms with Crippen molar-refractivity contribution < 1.29 is 13.6 Å². The molecule has 2 nitrogen and oxygen atoms in total. The van der Waals surface area contributed by atoms with Crippen LogP contribution in [0.5, 0.6) is 0 Å². The first kappa shape index (κ1) is 13.2. The van der Waals surface area contributed by atoms with E-state index in [0.29, 0.717) is 13.1 Å². The number of carbonyl (C=O) groups excluding carboxylic acids is 1. The van der Waals surface area contributed by atoms with Crippen molar-refractivity contribution in [3.05, 3.63) is 45.5 Å². The van der Waals surface area contributed by atoms with Crippen LogP contribution in [0.4, 0.5) is 8.78 Å². The molecule has 1 aromatic carbocycles. The van der Waals surface area contributed by atoms with Crippen LogP contribution in [-0.2, 0) is 0 Å². The lowest BCUT2D eigenvalue weighted by atomic mass is 10.1. The van der Waals surface area contributed by atoms with Gasteiger partial charge < -0.3 is 4.90 Å². The zero-order chi connectivity index (χ0) is 13.3. The third-order valence-electron chi connectivity index (χ3n) is 2.94. The van der Waals surface area contributed by atoms with Gasteiger partial charge >= 0.3 is 0 Å². The van der Waals surface area contributed by atoms with E-state index in [9.17, 15) is 13.6 Å². The van der Waals surface area contributed by atoms with E-state index >= 15 is 0 Å². The zero-order valence-corrected chi connectivity index (χ0v) is 11.4. The summed E-state index contributed by atoms with van der Waals surface area (Å²) < 4.78 is 27.6. The quantitative estimate of drug-likeness (QED) is 0.726. The average molecular weight is 316 g/mol. The van der Waals surface area contributed by atoms with Crippen LogP contribution in [0.1, 0.15) is 23.7 Å². The maximum atomic E-state index is 13.7. The first-order valence-corrected chi connectivity index (χ1v) is 6.38. The maximum Gasteiger partial charge on any atom is 0.260 e. The Bertz CT molecular complexity index is 505. The Morgan fingerprint density at radius 2 is 1.94 bits per heavy atom. The van der Waals surface area contributed by atoms with Crippen molar-refractivity contribution in [3.8, 4) is 0 Å². The molecule has 0 aromatic heterocycles. The third-order valence-corrected chi connectivity index (χ3v) is 3.40. The molecule has 96 valence electrons. The van der Waals surface area contributed by atoms with Gasteiger partial charge in [-0.05, 0) is 25.5 Å². The topological polar surface area (TPSA) is 20.3 Å². The molecule has 0 spiro atoms. The van der Waals surface area contributed by atoms with Crippen molar-refractivity contribution in [2.24, 2.45) is 0 Å². The average Bonchev–Trinajstić information content (AvgIpc) is 2.28. The minimum atomic E-state index is -0.835. The van der Waals surface area contributed by atoms with E-state index in [0.717, 1.165) is 18.6 Å². The molecule has 0 N–H and O–H groups in total. The molecule has 18 heavy (non-hydrogen) atoms. The van der Waals surface area contributed by atoms with Crippen molar-refractivity contribution in [1.29, 1.82) is 0 Å². The molecule has 1 heterocycles. The summed E-state index contributed by atoms with van der Waals surface area (Å²) in [6.45, 7) is 2.87. The van der Waals surface area contributed by atoms with Gasteiger partial charge in [-0.25, -0.2) is 8.78 Å². The second kappa shape index (κ2) is 5.18. The standard InChI is InChI=1S/C13H12BrF2NO/c1-8-2-4-17(5-3-8)13(18)12-10(15)6-9(14)7-11(12)16/h2,6-7H,3-5H2,1H3. The minimum absolute atomic E-state index is 0.281. The molecule has 5 heteroatoms. The smallest absolute Gasteiger partial charge is 0.260 e. The van der Waals surface area contributed by atoms with Gasteiger partial charge in [0.15, 0.2) is 0 Å². The van der Waals surface area contributed by atoms with Crippen molar-refractivity contribution in [2.75, 3.05) is 13.1 Å². The number of halogens is 3. The zero-order valence-electron chi connectivity index (χ0n) is 9.84. The van der Waals surface area contributed by atoms with Crippen molar-refractivity contribution in [2.45, 2.75) is 13.3 Å². The molecule has 0 radical (unpaired) electrons. The fourth-order valence-corrected chi connectivity index (χ4v) is 2.26. The second-order valence-electron chi connectivity index (χ2n) is 4.30. The molecule has 0 aliphatic carbocycles. The molecule has 0 saturated carbocycles. The summed E-state index contributed by atoms with van der Waals surface area (Å²) in [5, 5.41) is 0. The van der Waals surface area contributed by atoms with Gasteiger partial charge in [-0.1, -0.05) is 27.6 Å². The lowest BCUT2D eigenvalue weighted by Crippen LogP contribution is -2.35. The molecular weight excluding hydrogens is 304 g/mol. The fourth-order valence-electron chi connectivity index (χ4n) is 1.86. The lowest BCUT2D eigenvalue weighted by molar-refractivity contribution is 0.0759. The van der Waals surface area contributed by atoms with Gasteiger partial charge in [0.25, 0.3) is 5.91 Å². The first-order chi connectivity index (χ1) is 8.49. The highest BCUT2D eigenvalue weighted by Crippen LogP contribution is 2.22. The highest BCUT2D eigenvalue weighted by atomic mass is 79.9. The molecule has 1 aromatic rings. The summed E-state index contributed by atoms with van der Waals surface area (Å²) in [4.78, 5) is 13.5. The number of hydrogen-bond donors (Lipinski definition) is 0. The van der Waals surface area contributed by atoms with Gasteiger partial charge in [-0.15, -0.1) is 0 Å². The Morgan fingerprint density at radius 1 is 1.33 bits per heavy atom. The predicted molar refractivity (Wildman–Crippen MR) is 68.3 cm³/mol. The van der Waals surface area contributed by atoms with E-state index < -0.39 is 23.1 Å². The molecule has 0 atom stereocenters. The highest BCUT2D eigenvalue weighted by Gasteiger charge is 2.24. The van der Waals surface area contributed by atoms with E-state index in [1.165, 1.54) is 10.5 Å². The van der Waals surface area contributed by atoms with Crippen LogP contribution in [-0.4, -0.2) is 23.9 Å². The highest BCUT2D eigenvalue weighted by molar-refractivity contribution is 9.10. The summed E-state index contributed by atoms with van der Waals surface area (Å²) in [6, 6.07) is 2.20. The van der Waals surface area contributed by atoms with E-state index in [2.05, 4.69) is 15.9 Å². The largest absolute Gasteiger partial charge is 0.334 e. The molecular formula is C13H12BrF2NO. The van der Waals surface area contributed by atoms with Crippen LogP contribution < -0.4 is 0 Å². The Labute approximate surface area is 112 Å². The summed E-state index contributed by atoms with van der Waals surface area (Å²) >= 11 is 2.99. The SMILES string of the molecule is CC1=CCN(C(=O)c2c(F)cc(Br)cc2F)CC1. The molecule has 0 fully saturated rings. The van der Waals surface area contributed by atoms with Gasteiger partial charge in [-0.2, -0.15) is 0 Å². The first-order valence-electron chi connectivity index (χ1n) is 5.58. The second-order valence-corrected chi connectivity index (χ2v) is 5.21. The molecule has 0 saturated heterocycles. The van der Waals surface area contributed by atoms with Crippen LogP contribution in [0.15, 0.2) is 28.3 Å². The number of hydrogen-bond acceptors (Lipinski definition) is 1. The van der Waals surface area contributed by atoms with Crippen LogP contribution in [0, 0.1) is 11.6 Å². The van der Waals surface area contributed by atoms with Gasteiger partial charge in [0.05, 0.1) is 0 Å². The summed E-state index contributed by atoms with van der Waals surface area (Å²) in [7, 11) is 0. The lowest BCUT2D eigenvalue weighted by Gasteiger charge is -2.25. The van der Waals surface area contributed by atoms with Crippen LogP contribution in [0.2, 0.25) is 0 Å². The summed E-state index contributed by atoms with van der Waals surface area (Å²) in [5.74, 6) is -2.27. The Morgan fingerprint density at radius 3 is 2.44 bits per heavy atom. The Kier molecular flexibility index (Phi) is 3.80. The van der Waals surface area contributed by atoms with E-state index in [-0.39, 0.29) is 4.47 Å². The van der Waals surface area contributed by atoms with Crippen molar-refractivity contribution >= 4 is 21.8 Å². The maximum absolute atomic E-state index is 13.7. The third kappa shape index (κ3) is 2.61. The van der Waals surface area contributed by atoms with Crippen LogP contribution in [0.3, 0.4) is 0 Å². The molecule has 0 unspecified atom stereocenters. The normalized spacial score (nSPS) is 15.6. The fraction of sp³-hybridized carbons (Fsp3) is 0.308. The number of carbonyl (C=O) groups is 1. The number of benzene rings is 1. The van der Waals surface area contributed by atoms with Gasteiger partial charge in [0, 0.05) is 17.6 Å². The number of rotatable bonds is 1. The molecule has 2 rings (SSSR count). The Hall–Kier alpha value is -1.23. The minimum Gasteiger partial charge on any atom is -0.334 e. The molecule has 1 aliphatic heterocycles. The number of amides is 1. The van der Waals surface area contributed by atoms with Crippen LogP contribution >= 0.6 is 15.9 Å². The van der Waals surface area contributed by atoms with E-state index in [1.54, 1.807) is 0 Å². The van der Waals surface area contributed by atoms with Crippen molar-refractivity contribution in [1.82, 2.24) is 4.90 Å². The molecule has 0 bridgehead atoms. The summed E-state index contributed by atoms with van der Waals surface area (Å²) in [5.41, 5.74) is 0.710. The van der Waals surface area contributed by atoms with E-state index in [1.807, 2.05) is 13.0 Å². The molecule has 1 aliphatic rings. The van der Waals surface area contributed by atoms with Gasteiger partial charge in [-0.3, -0.25) is 4.79 Å². The molecule has 1 amide bonds. The van der Waals surface area contributed by atoms with Crippen LogP contribution in [0.25, 0.3) is 0 Å². The number of nitrogens with zero attached hydrogens (tertiary/aromatic N) is 1. The van der Waals surface area contributed by atoms with Gasteiger partial charge in [0.2, 0.25) is 0 Å².